The molecule has 0 aromatic carbocycles. The second-order valence-corrected chi connectivity index (χ2v) is 5.13. The molecule has 0 saturated carbocycles. The van der Waals surface area contributed by atoms with Crippen LogP contribution in [0.5, 0.6) is 0 Å². The van der Waals surface area contributed by atoms with Gasteiger partial charge in [-0.3, -0.25) is 0 Å². The average Bonchev–Trinajstić information content (AvgIpc) is 2.14. The minimum atomic E-state index is 0.661. The van der Waals surface area contributed by atoms with Crippen LogP contribution < -0.4 is 5.73 Å². The molecule has 1 heterocycles. The first kappa shape index (κ1) is 11.3. The second-order valence-electron chi connectivity index (χ2n) is 3.38. The first-order valence-corrected chi connectivity index (χ1v) is 6.44. The zero-order valence-corrected chi connectivity index (χ0v) is 9.63. The van der Waals surface area contributed by atoms with Crippen LogP contribution in [-0.4, -0.2) is 41.0 Å². The maximum absolute atomic E-state index is 5.43. The van der Waals surface area contributed by atoms with Crippen molar-refractivity contribution in [3.63, 3.8) is 0 Å². The van der Waals surface area contributed by atoms with Gasteiger partial charge in [-0.1, -0.05) is 12.2 Å². The molecule has 0 aliphatic carbocycles. The quantitative estimate of drug-likeness (QED) is 0.559. The summed E-state index contributed by atoms with van der Waals surface area (Å²) in [5.41, 5.74) is 5.43. The Balaban J connectivity index is 1.95. The third-order valence-corrected chi connectivity index (χ3v) is 3.40. The highest BCUT2D eigenvalue weighted by Gasteiger charge is 2.08. The van der Waals surface area contributed by atoms with Crippen molar-refractivity contribution in [1.29, 1.82) is 0 Å². The van der Waals surface area contributed by atoms with E-state index in [0.29, 0.717) is 4.99 Å². The number of unbranched alkanes of at least 4 members (excludes halogenated alkanes) is 1. The van der Waals surface area contributed by atoms with E-state index in [0.717, 1.165) is 12.8 Å². The lowest BCUT2D eigenvalue weighted by Crippen LogP contribution is -2.33. The van der Waals surface area contributed by atoms with Crippen LogP contribution in [0.2, 0.25) is 0 Å². The normalized spacial score (nSPS) is 18.8. The van der Waals surface area contributed by atoms with E-state index in [4.69, 9.17) is 18.0 Å². The van der Waals surface area contributed by atoms with E-state index < -0.39 is 0 Å². The van der Waals surface area contributed by atoms with E-state index in [1.54, 1.807) is 0 Å². The summed E-state index contributed by atoms with van der Waals surface area (Å²) in [5, 5.41) is 0. The number of rotatable bonds is 5. The molecule has 0 aromatic rings. The fourth-order valence-electron chi connectivity index (χ4n) is 1.46. The molecule has 2 nitrogen and oxygen atoms in total. The van der Waals surface area contributed by atoms with Crippen molar-refractivity contribution in [3.8, 4) is 0 Å². The van der Waals surface area contributed by atoms with E-state index in [1.165, 1.54) is 37.6 Å². The standard InChI is InChI=1S/C9H18N2S2/c10-9(12)3-1-2-4-11-5-7-13-8-6-11/h1-8H2,(H2,10,12). The predicted octanol–water partition coefficient (Wildman–Crippen LogP) is 1.49. The summed E-state index contributed by atoms with van der Waals surface area (Å²) >= 11 is 6.89. The van der Waals surface area contributed by atoms with Gasteiger partial charge in [0.15, 0.2) is 0 Å². The van der Waals surface area contributed by atoms with Gasteiger partial charge in [-0.05, 0) is 25.8 Å². The Hall–Kier alpha value is 0.200. The van der Waals surface area contributed by atoms with Crippen molar-refractivity contribution in [2.75, 3.05) is 31.1 Å². The molecule has 13 heavy (non-hydrogen) atoms. The van der Waals surface area contributed by atoms with Gasteiger partial charge in [0.05, 0.1) is 4.99 Å². The number of nitrogens with two attached hydrogens (primary N) is 1. The third kappa shape index (κ3) is 5.49. The van der Waals surface area contributed by atoms with Crippen molar-refractivity contribution in [2.45, 2.75) is 19.3 Å². The van der Waals surface area contributed by atoms with Crippen molar-refractivity contribution < 1.29 is 0 Å². The Labute approximate surface area is 90.2 Å². The van der Waals surface area contributed by atoms with Crippen LogP contribution in [0.4, 0.5) is 0 Å². The topological polar surface area (TPSA) is 29.3 Å². The fourth-order valence-corrected chi connectivity index (χ4v) is 2.58. The van der Waals surface area contributed by atoms with Gasteiger partial charge in [0, 0.05) is 24.6 Å². The molecule has 76 valence electrons. The molecule has 0 unspecified atom stereocenters. The highest BCUT2D eigenvalue weighted by atomic mass is 32.2. The molecule has 0 aromatic heterocycles. The summed E-state index contributed by atoms with van der Waals surface area (Å²) in [6, 6.07) is 0. The molecule has 1 aliphatic rings. The van der Waals surface area contributed by atoms with Crippen LogP contribution in [0, 0.1) is 0 Å². The Morgan fingerprint density at radius 3 is 2.62 bits per heavy atom. The van der Waals surface area contributed by atoms with Gasteiger partial charge in [0.1, 0.15) is 0 Å². The molecular weight excluding hydrogens is 200 g/mol. The van der Waals surface area contributed by atoms with Crippen molar-refractivity contribution in [1.82, 2.24) is 4.90 Å². The smallest absolute Gasteiger partial charge is 0.0727 e. The lowest BCUT2D eigenvalue weighted by atomic mass is 10.2. The third-order valence-electron chi connectivity index (χ3n) is 2.25. The number of hydrogen-bond donors (Lipinski definition) is 1. The number of nitrogens with zero attached hydrogens (tertiary/aromatic N) is 1. The van der Waals surface area contributed by atoms with Crippen molar-refractivity contribution in [3.05, 3.63) is 0 Å². The van der Waals surface area contributed by atoms with Gasteiger partial charge in [0.2, 0.25) is 0 Å². The Morgan fingerprint density at radius 2 is 2.00 bits per heavy atom. The van der Waals surface area contributed by atoms with E-state index in [1.807, 2.05) is 0 Å². The van der Waals surface area contributed by atoms with Gasteiger partial charge in [0.25, 0.3) is 0 Å². The van der Waals surface area contributed by atoms with Crippen LogP contribution in [0.1, 0.15) is 19.3 Å². The highest BCUT2D eigenvalue weighted by Crippen LogP contribution is 2.10. The zero-order chi connectivity index (χ0) is 9.52. The van der Waals surface area contributed by atoms with Gasteiger partial charge >= 0.3 is 0 Å². The van der Waals surface area contributed by atoms with E-state index >= 15 is 0 Å². The predicted molar refractivity (Wildman–Crippen MR) is 64.4 cm³/mol. The first-order valence-electron chi connectivity index (χ1n) is 4.87. The van der Waals surface area contributed by atoms with Crippen LogP contribution in [0.25, 0.3) is 0 Å². The lowest BCUT2D eigenvalue weighted by molar-refractivity contribution is 0.296. The monoisotopic (exact) mass is 218 g/mol. The Morgan fingerprint density at radius 1 is 1.31 bits per heavy atom. The highest BCUT2D eigenvalue weighted by molar-refractivity contribution is 7.99. The number of hydrogen-bond acceptors (Lipinski definition) is 3. The second kappa shape index (κ2) is 6.62. The molecule has 1 aliphatic heterocycles. The van der Waals surface area contributed by atoms with Crippen LogP contribution in [0.15, 0.2) is 0 Å². The summed E-state index contributed by atoms with van der Waals surface area (Å²) in [7, 11) is 0. The van der Waals surface area contributed by atoms with Crippen LogP contribution in [0.3, 0.4) is 0 Å². The van der Waals surface area contributed by atoms with Crippen molar-refractivity contribution in [2.24, 2.45) is 5.73 Å². The van der Waals surface area contributed by atoms with Crippen LogP contribution in [-0.2, 0) is 0 Å². The summed E-state index contributed by atoms with van der Waals surface area (Å²) in [6.07, 6.45) is 3.30. The summed E-state index contributed by atoms with van der Waals surface area (Å²) in [6.45, 7) is 3.75. The minimum Gasteiger partial charge on any atom is -0.393 e. The van der Waals surface area contributed by atoms with Crippen LogP contribution >= 0.6 is 24.0 Å². The van der Waals surface area contributed by atoms with Gasteiger partial charge in [-0.15, -0.1) is 0 Å². The molecule has 0 atom stereocenters. The van der Waals surface area contributed by atoms with Gasteiger partial charge in [-0.2, -0.15) is 11.8 Å². The lowest BCUT2D eigenvalue weighted by Gasteiger charge is -2.25. The maximum Gasteiger partial charge on any atom is 0.0727 e. The molecule has 0 radical (unpaired) electrons. The average molecular weight is 218 g/mol. The maximum atomic E-state index is 5.43. The number of thiocarbonyl (C=S) groups is 1. The molecule has 1 fully saturated rings. The largest absolute Gasteiger partial charge is 0.393 e. The van der Waals surface area contributed by atoms with E-state index in [-0.39, 0.29) is 0 Å². The van der Waals surface area contributed by atoms with E-state index in [9.17, 15) is 0 Å². The fraction of sp³-hybridized carbons (Fsp3) is 0.889. The van der Waals surface area contributed by atoms with Gasteiger partial charge < -0.3 is 10.6 Å². The molecule has 0 spiro atoms. The minimum absolute atomic E-state index is 0.661. The van der Waals surface area contributed by atoms with Crippen molar-refractivity contribution >= 4 is 29.0 Å². The molecule has 1 saturated heterocycles. The number of thioether (sulfide) groups is 1. The molecule has 1 rings (SSSR count). The summed E-state index contributed by atoms with van der Waals surface area (Å²) < 4.78 is 0. The summed E-state index contributed by atoms with van der Waals surface area (Å²) in [4.78, 5) is 3.20. The first-order chi connectivity index (χ1) is 6.29. The molecule has 0 amide bonds. The molecule has 0 bridgehead atoms. The Kier molecular flexibility index (Phi) is 5.75. The Bertz CT molecular complexity index is 156. The van der Waals surface area contributed by atoms with E-state index in [2.05, 4.69) is 16.7 Å². The molecule has 4 heteroatoms. The molecular formula is C9H18N2S2. The molecule has 2 N–H and O–H groups in total. The SMILES string of the molecule is NC(=S)CCCCN1CCSCC1. The zero-order valence-electron chi connectivity index (χ0n) is 8.00. The van der Waals surface area contributed by atoms with Gasteiger partial charge in [-0.25, -0.2) is 0 Å². The summed E-state index contributed by atoms with van der Waals surface area (Å²) in [5.74, 6) is 2.60.